The number of nitrogens with two attached hydrogens (primary N) is 1. The van der Waals surface area contributed by atoms with E-state index < -0.39 is 0 Å². The molecule has 0 spiro atoms. The van der Waals surface area contributed by atoms with E-state index >= 15 is 0 Å². The van der Waals surface area contributed by atoms with Crippen LogP contribution in [-0.2, 0) is 0 Å². The molecule has 1 aliphatic rings. The molecule has 1 fully saturated rings. The number of benzene rings is 1. The summed E-state index contributed by atoms with van der Waals surface area (Å²) in [5.74, 6) is 1.57. The average molecular weight is 229 g/mol. The van der Waals surface area contributed by atoms with E-state index in [1.807, 2.05) is 28.9 Å². The third-order valence-electron chi connectivity index (χ3n) is 3.39. The first kappa shape index (κ1) is 10.3. The van der Waals surface area contributed by atoms with Gasteiger partial charge in [-0.25, -0.2) is 4.68 Å². The second-order valence-corrected chi connectivity index (χ2v) is 4.54. The van der Waals surface area contributed by atoms with Crippen molar-refractivity contribution in [3.63, 3.8) is 0 Å². The van der Waals surface area contributed by atoms with Gasteiger partial charge in [-0.1, -0.05) is 13.3 Å². The van der Waals surface area contributed by atoms with Crippen LogP contribution < -0.4 is 5.73 Å². The molecule has 88 valence electrons. The van der Waals surface area contributed by atoms with Gasteiger partial charge in [-0.2, -0.15) is 0 Å². The van der Waals surface area contributed by atoms with Crippen molar-refractivity contribution in [1.29, 1.82) is 0 Å². The Hall–Kier alpha value is -1.91. The Kier molecular flexibility index (Phi) is 2.31. The number of nitrogens with zero attached hydrogens (tertiary/aromatic N) is 4. The fourth-order valence-electron chi connectivity index (χ4n) is 2.21. The van der Waals surface area contributed by atoms with Crippen LogP contribution in [0, 0.1) is 5.92 Å². The van der Waals surface area contributed by atoms with E-state index in [9.17, 15) is 0 Å². The zero-order valence-electron chi connectivity index (χ0n) is 9.74. The van der Waals surface area contributed by atoms with Gasteiger partial charge < -0.3 is 5.73 Å². The Morgan fingerprint density at radius 3 is 2.76 bits per heavy atom. The molecular formula is C12H15N5. The molecular weight excluding hydrogens is 214 g/mol. The second kappa shape index (κ2) is 3.84. The zero-order chi connectivity index (χ0) is 11.8. The molecule has 0 radical (unpaired) electrons. The SMILES string of the molecule is CCC1CC1n1nnnc1-c1ccc(N)cc1. The molecule has 2 aromatic rings. The molecule has 2 N–H and O–H groups in total. The number of nitrogen functional groups attached to an aromatic ring is 1. The lowest BCUT2D eigenvalue weighted by Crippen LogP contribution is -2.01. The maximum absolute atomic E-state index is 5.68. The number of anilines is 1. The topological polar surface area (TPSA) is 69.6 Å². The lowest BCUT2D eigenvalue weighted by atomic mass is 10.2. The van der Waals surface area contributed by atoms with Crippen molar-refractivity contribution in [2.45, 2.75) is 25.8 Å². The van der Waals surface area contributed by atoms with Gasteiger partial charge in [-0.3, -0.25) is 0 Å². The van der Waals surface area contributed by atoms with Gasteiger partial charge >= 0.3 is 0 Å². The van der Waals surface area contributed by atoms with Crippen LogP contribution in [0.25, 0.3) is 11.4 Å². The smallest absolute Gasteiger partial charge is 0.182 e. The first-order valence-electron chi connectivity index (χ1n) is 5.93. The monoisotopic (exact) mass is 229 g/mol. The summed E-state index contributed by atoms with van der Waals surface area (Å²) in [6.07, 6.45) is 2.37. The van der Waals surface area contributed by atoms with E-state index in [0.717, 1.165) is 23.0 Å². The maximum Gasteiger partial charge on any atom is 0.182 e. The predicted molar refractivity (Wildman–Crippen MR) is 65.1 cm³/mol. The first-order valence-corrected chi connectivity index (χ1v) is 5.93. The minimum absolute atomic E-state index is 0.475. The number of hydrogen-bond acceptors (Lipinski definition) is 4. The predicted octanol–water partition coefficient (Wildman–Crippen LogP) is 1.89. The van der Waals surface area contributed by atoms with Crippen molar-refractivity contribution < 1.29 is 0 Å². The third-order valence-corrected chi connectivity index (χ3v) is 3.39. The van der Waals surface area contributed by atoms with E-state index in [2.05, 4.69) is 22.4 Å². The maximum atomic E-state index is 5.68. The summed E-state index contributed by atoms with van der Waals surface area (Å²) < 4.78 is 1.94. The molecule has 1 aliphatic carbocycles. The third kappa shape index (κ3) is 1.77. The van der Waals surface area contributed by atoms with Gasteiger partial charge in [0.25, 0.3) is 0 Å². The standard InChI is InChI=1S/C12H15N5/c1-2-8-7-11(8)17-12(14-15-16-17)9-3-5-10(13)6-4-9/h3-6,8,11H,2,7,13H2,1H3. The molecule has 1 heterocycles. The number of tetrazole rings is 1. The summed E-state index contributed by atoms with van der Waals surface area (Å²) in [6.45, 7) is 2.21. The van der Waals surface area contributed by atoms with Crippen LogP contribution >= 0.6 is 0 Å². The van der Waals surface area contributed by atoms with Crippen LogP contribution in [0.1, 0.15) is 25.8 Å². The molecule has 2 unspecified atom stereocenters. The highest BCUT2D eigenvalue weighted by molar-refractivity contribution is 5.58. The molecule has 5 nitrogen and oxygen atoms in total. The Labute approximate surface area is 99.6 Å². The summed E-state index contributed by atoms with van der Waals surface area (Å²) in [4.78, 5) is 0. The van der Waals surface area contributed by atoms with Gasteiger partial charge in [0.1, 0.15) is 0 Å². The second-order valence-electron chi connectivity index (χ2n) is 4.54. The first-order chi connectivity index (χ1) is 8.29. The van der Waals surface area contributed by atoms with Crippen molar-refractivity contribution in [1.82, 2.24) is 20.2 Å². The summed E-state index contributed by atoms with van der Waals surface area (Å²) in [7, 11) is 0. The normalized spacial score (nSPS) is 22.6. The van der Waals surface area contributed by atoms with Gasteiger partial charge in [0, 0.05) is 11.3 Å². The highest BCUT2D eigenvalue weighted by Gasteiger charge is 2.39. The summed E-state index contributed by atoms with van der Waals surface area (Å²) in [5.41, 5.74) is 7.45. The Bertz CT molecular complexity index is 516. The van der Waals surface area contributed by atoms with Crippen LogP contribution in [0.15, 0.2) is 24.3 Å². The Balaban J connectivity index is 1.94. The molecule has 1 saturated carbocycles. The Morgan fingerprint density at radius 1 is 1.35 bits per heavy atom. The molecule has 5 heteroatoms. The van der Waals surface area contributed by atoms with Crippen molar-refractivity contribution in [2.75, 3.05) is 5.73 Å². The zero-order valence-corrected chi connectivity index (χ0v) is 9.74. The van der Waals surface area contributed by atoms with Crippen molar-refractivity contribution in [3.8, 4) is 11.4 Å². The lowest BCUT2D eigenvalue weighted by molar-refractivity contribution is 0.563. The molecule has 0 amide bonds. The molecule has 1 aromatic heterocycles. The minimum Gasteiger partial charge on any atom is -0.399 e. The van der Waals surface area contributed by atoms with E-state index in [1.165, 1.54) is 12.8 Å². The summed E-state index contributed by atoms with van der Waals surface area (Å²) in [6, 6.07) is 8.14. The lowest BCUT2D eigenvalue weighted by Gasteiger charge is -2.03. The van der Waals surface area contributed by atoms with Crippen LogP contribution in [0.3, 0.4) is 0 Å². The average Bonchev–Trinajstić information content (AvgIpc) is 2.98. The largest absolute Gasteiger partial charge is 0.399 e. The molecule has 2 atom stereocenters. The highest BCUT2D eigenvalue weighted by atomic mass is 15.6. The quantitative estimate of drug-likeness (QED) is 0.816. The number of aromatic nitrogens is 4. The Morgan fingerprint density at radius 2 is 2.12 bits per heavy atom. The van der Waals surface area contributed by atoms with E-state index in [-0.39, 0.29) is 0 Å². The molecule has 1 aromatic carbocycles. The highest BCUT2D eigenvalue weighted by Crippen LogP contribution is 2.46. The fourth-order valence-corrected chi connectivity index (χ4v) is 2.21. The summed E-state index contributed by atoms with van der Waals surface area (Å²) in [5, 5.41) is 12.0. The van der Waals surface area contributed by atoms with E-state index in [1.54, 1.807) is 0 Å². The van der Waals surface area contributed by atoms with Crippen LogP contribution in [0.2, 0.25) is 0 Å². The molecule has 17 heavy (non-hydrogen) atoms. The number of hydrogen-bond donors (Lipinski definition) is 1. The fraction of sp³-hybridized carbons (Fsp3) is 0.417. The van der Waals surface area contributed by atoms with Crippen LogP contribution in [0.5, 0.6) is 0 Å². The number of rotatable bonds is 3. The minimum atomic E-state index is 0.475. The molecule has 3 rings (SSSR count). The van der Waals surface area contributed by atoms with Gasteiger partial charge in [0.2, 0.25) is 0 Å². The van der Waals surface area contributed by atoms with Crippen molar-refractivity contribution in [2.24, 2.45) is 5.92 Å². The van der Waals surface area contributed by atoms with Crippen molar-refractivity contribution in [3.05, 3.63) is 24.3 Å². The van der Waals surface area contributed by atoms with Crippen molar-refractivity contribution >= 4 is 5.69 Å². The van der Waals surface area contributed by atoms with E-state index in [4.69, 9.17) is 5.73 Å². The van der Waals surface area contributed by atoms with Gasteiger partial charge in [0.15, 0.2) is 5.82 Å². The van der Waals surface area contributed by atoms with Crippen LogP contribution in [-0.4, -0.2) is 20.2 Å². The summed E-state index contributed by atoms with van der Waals surface area (Å²) >= 11 is 0. The van der Waals surface area contributed by atoms with Crippen LogP contribution in [0.4, 0.5) is 5.69 Å². The van der Waals surface area contributed by atoms with Gasteiger partial charge in [-0.05, 0) is 47.0 Å². The molecule has 0 aliphatic heterocycles. The van der Waals surface area contributed by atoms with Gasteiger partial charge in [-0.15, -0.1) is 5.10 Å². The van der Waals surface area contributed by atoms with E-state index in [0.29, 0.717) is 6.04 Å². The molecule has 0 saturated heterocycles. The molecule has 0 bridgehead atoms. The van der Waals surface area contributed by atoms with Gasteiger partial charge in [0.05, 0.1) is 6.04 Å².